The smallest absolute Gasteiger partial charge is 0.409 e. The van der Waals surface area contributed by atoms with Crippen molar-refractivity contribution < 1.29 is 9.53 Å². The van der Waals surface area contributed by atoms with Crippen LogP contribution >= 0.6 is 0 Å². The van der Waals surface area contributed by atoms with E-state index in [1.165, 1.54) is 0 Å². The molecule has 7 heteroatoms. The van der Waals surface area contributed by atoms with Crippen LogP contribution in [0.15, 0.2) is 12.3 Å². The maximum Gasteiger partial charge on any atom is 0.409 e. The molecule has 0 bridgehead atoms. The number of nitrogens with zero attached hydrogens (tertiary/aromatic N) is 4. The van der Waals surface area contributed by atoms with Gasteiger partial charge in [0.2, 0.25) is 5.95 Å². The minimum Gasteiger partial charge on any atom is -0.450 e. The summed E-state index contributed by atoms with van der Waals surface area (Å²) in [6.07, 6.45) is 1.52. The van der Waals surface area contributed by atoms with Crippen molar-refractivity contribution in [3.05, 3.63) is 12.3 Å². The maximum absolute atomic E-state index is 11.7. The molecule has 0 aliphatic carbocycles. The molecule has 1 amide bonds. The van der Waals surface area contributed by atoms with Gasteiger partial charge >= 0.3 is 6.09 Å². The number of anilines is 2. The van der Waals surface area contributed by atoms with Gasteiger partial charge in [0.1, 0.15) is 5.82 Å². The van der Waals surface area contributed by atoms with Crippen molar-refractivity contribution in [2.45, 2.75) is 26.8 Å². The Balaban J connectivity index is 1.94. The van der Waals surface area contributed by atoms with E-state index in [1.807, 2.05) is 26.8 Å². The molecule has 1 aliphatic rings. The van der Waals surface area contributed by atoms with Gasteiger partial charge in [0, 0.05) is 38.4 Å². The molecule has 2 heterocycles. The first-order valence-corrected chi connectivity index (χ1v) is 7.36. The highest BCUT2D eigenvalue weighted by Crippen LogP contribution is 2.15. The van der Waals surface area contributed by atoms with Gasteiger partial charge in [-0.15, -0.1) is 0 Å². The molecule has 0 spiro atoms. The topological polar surface area (TPSA) is 70.6 Å². The van der Waals surface area contributed by atoms with Gasteiger partial charge in [-0.05, 0) is 26.8 Å². The van der Waals surface area contributed by atoms with E-state index in [-0.39, 0.29) is 6.09 Å². The summed E-state index contributed by atoms with van der Waals surface area (Å²) in [5.41, 5.74) is 0. The first kappa shape index (κ1) is 15.3. The van der Waals surface area contributed by atoms with Crippen LogP contribution in [0.25, 0.3) is 0 Å². The second-order valence-electron chi connectivity index (χ2n) is 5.21. The normalized spacial score (nSPS) is 15.2. The van der Waals surface area contributed by atoms with E-state index < -0.39 is 0 Å². The molecule has 1 saturated heterocycles. The highest BCUT2D eigenvalue weighted by atomic mass is 16.6. The Bertz CT molecular complexity index is 472. The Morgan fingerprint density at radius 1 is 1.38 bits per heavy atom. The first-order valence-electron chi connectivity index (χ1n) is 7.36. The van der Waals surface area contributed by atoms with Gasteiger partial charge in [0.25, 0.3) is 0 Å². The lowest BCUT2D eigenvalue weighted by molar-refractivity contribution is 0.105. The molecule has 1 aromatic heterocycles. The summed E-state index contributed by atoms with van der Waals surface area (Å²) in [4.78, 5) is 24.3. The van der Waals surface area contributed by atoms with E-state index in [2.05, 4.69) is 20.2 Å². The zero-order valence-corrected chi connectivity index (χ0v) is 12.9. The van der Waals surface area contributed by atoms with Gasteiger partial charge in [-0.25, -0.2) is 9.78 Å². The van der Waals surface area contributed by atoms with E-state index in [4.69, 9.17) is 4.74 Å². The SMILES string of the molecule is CCOC(=O)N1CCN(c2ccnc(NC(C)C)n2)CC1. The highest BCUT2D eigenvalue weighted by Gasteiger charge is 2.22. The van der Waals surface area contributed by atoms with Crippen LogP contribution in [-0.4, -0.2) is 59.8 Å². The summed E-state index contributed by atoms with van der Waals surface area (Å²) < 4.78 is 5.02. The predicted octanol–water partition coefficient (Wildman–Crippen LogP) is 1.58. The van der Waals surface area contributed by atoms with Crippen LogP contribution in [-0.2, 0) is 4.74 Å². The molecule has 1 aromatic rings. The molecule has 0 atom stereocenters. The lowest BCUT2D eigenvalue weighted by Crippen LogP contribution is -2.49. The van der Waals surface area contributed by atoms with Crippen molar-refractivity contribution in [1.29, 1.82) is 0 Å². The molecule has 7 nitrogen and oxygen atoms in total. The van der Waals surface area contributed by atoms with Crippen LogP contribution in [0.2, 0.25) is 0 Å². The van der Waals surface area contributed by atoms with Crippen LogP contribution in [0.4, 0.5) is 16.6 Å². The van der Waals surface area contributed by atoms with E-state index in [1.54, 1.807) is 11.1 Å². The number of hydrogen-bond donors (Lipinski definition) is 1. The maximum atomic E-state index is 11.7. The average Bonchev–Trinajstić information content (AvgIpc) is 2.47. The molecule has 1 fully saturated rings. The molecule has 0 radical (unpaired) electrons. The third-order valence-electron chi connectivity index (χ3n) is 3.19. The van der Waals surface area contributed by atoms with Crippen LogP contribution < -0.4 is 10.2 Å². The molecule has 2 rings (SSSR count). The number of nitrogens with one attached hydrogen (secondary N) is 1. The largest absolute Gasteiger partial charge is 0.450 e. The van der Waals surface area contributed by atoms with E-state index in [9.17, 15) is 4.79 Å². The minimum absolute atomic E-state index is 0.234. The third-order valence-corrected chi connectivity index (χ3v) is 3.19. The highest BCUT2D eigenvalue weighted by molar-refractivity contribution is 5.68. The number of aromatic nitrogens is 2. The van der Waals surface area contributed by atoms with Crippen molar-refractivity contribution in [2.24, 2.45) is 0 Å². The van der Waals surface area contributed by atoms with Crippen molar-refractivity contribution in [1.82, 2.24) is 14.9 Å². The number of hydrogen-bond acceptors (Lipinski definition) is 6. The molecule has 116 valence electrons. The van der Waals surface area contributed by atoms with Gasteiger partial charge in [-0.2, -0.15) is 4.98 Å². The standard InChI is InChI=1S/C14H23N5O2/c1-4-21-14(20)19-9-7-18(8-10-19)12-5-6-15-13(17-12)16-11(2)3/h5-6,11H,4,7-10H2,1-3H3,(H,15,16,17). The van der Waals surface area contributed by atoms with E-state index in [0.29, 0.717) is 31.7 Å². The van der Waals surface area contributed by atoms with Gasteiger partial charge in [0.05, 0.1) is 6.61 Å². The Kier molecular flexibility index (Phi) is 5.19. The van der Waals surface area contributed by atoms with Crippen molar-refractivity contribution in [3.8, 4) is 0 Å². The number of amides is 1. The number of ether oxygens (including phenoxy) is 1. The summed E-state index contributed by atoms with van der Waals surface area (Å²) >= 11 is 0. The summed E-state index contributed by atoms with van der Waals surface area (Å²) in [6.45, 7) is 9.12. The average molecular weight is 293 g/mol. The Labute approximate surface area is 125 Å². The van der Waals surface area contributed by atoms with Gasteiger partial charge in [-0.1, -0.05) is 0 Å². The lowest BCUT2D eigenvalue weighted by atomic mass is 10.3. The number of carbonyl (C=O) groups is 1. The van der Waals surface area contributed by atoms with Gasteiger partial charge in [0.15, 0.2) is 0 Å². The molecular weight excluding hydrogens is 270 g/mol. The predicted molar refractivity (Wildman–Crippen MR) is 81.6 cm³/mol. The summed E-state index contributed by atoms with van der Waals surface area (Å²) in [6, 6.07) is 2.19. The van der Waals surface area contributed by atoms with E-state index >= 15 is 0 Å². The quantitative estimate of drug-likeness (QED) is 0.909. The lowest BCUT2D eigenvalue weighted by Gasteiger charge is -2.34. The Hall–Kier alpha value is -2.05. The van der Waals surface area contributed by atoms with Gasteiger partial charge in [-0.3, -0.25) is 0 Å². The molecule has 1 N–H and O–H groups in total. The van der Waals surface area contributed by atoms with Crippen LogP contribution in [0.3, 0.4) is 0 Å². The second-order valence-corrected chi connectivity index (χ2v) is 5.21. The minimum atomic E-state index is -0.234. The molecular formula is C14H23N5O2. The number of carbonyl (C=O) groups excluding carboxylic acids is 1. The van der Waals surface area contributed by atoms with Crippen molar-refractivity contribution in [2.75, 3.05) is 43.0 Å². The van der Waals surface area contributed by atoms with E-state index in [0.717, 1.165) is 18.9 Å². The number of rotatable bonds is 4. The molecule has 0 saturated carbocycles. The van der Waals surface area contributed by atoms with Crippen LogP contribution in [0.5, 0.6) is 0 Å². The molecule has 1 aliphatic heterocycles. The summed E-state index contributed by atoms with van der Waals surface area (Å²) in [5, 5.41) is 3.19. The van der Waals surface area contributed by atoms with Crippen molar-refractivity contribution in [3.63, 3.8) is 0 Å². The summed E-state index contributed by atoms with van der Waals surface area (Å²) in [5.74, 6) is 1.52. The zero-order chi connectivity index (χ0) is 15.2. The Morgan fingerprint density at radius 2 is 2.10 bits per heavy atom. The van der Waals surface area contributed by atoms with Crippen molar-refractivity contribution >= 4 is 17.9 Å². The van der Waals surface area contributed by atoms with Gasteiger partial charge < -0.3 is 19.9 Å². The number of piperazine rings is 1. The second kappa shape index (κ2) is 7.10. The van der Waals surface area contributed by atoms with Crippen LogP contribution in [0, 0.1) is 0 Å². The fourth-order valence-electron chi connectivity index (χ4n) is 2.19. The third kappa shape index (κ3) is 4.21. The molecule has 0 unspecified atom stereocenters. The van der Waals surface area contributed by atoms with Crippen LogP contribution in [0.1, 0.15) is 20.8 Å². The molecule has 0 aromatic carbocycles. The zero-order valence-electron chi connectivity index (χ0n) is 12.9. The molecule has 21 heavy (non-hydrogen) atoms. The monoisotopic (exact) mass is 293 g/mol. The Morgan fingerprint density at radius 3 is 2.71 bits per heavy atom. The summed E-state index contributed by atoms with van der Waals surface area (Å²) in [7, 11) is 0. The fraction of sp³-hybridized carbons (Fsp3) is 0.643. The first-order chi connectivity index (χ1) is 10.1. The fourth-order valence-corrected chi connectivity index (χ4v) is 2.19.